The Kier molecular flexibility index (Phi) is 2.23. The van der Waals surface area contributed by atoms with Gasteiger partial charge in [-0.2, -0.15) is 0 Å². The molecule has 0 amide bonds. The Morgan fingerprint density at radius 2 is 2.33 bits per heavy atom. The van der Waals surface area contributed by atoms with E-state index in [2.05, 4.69) is 15.3 Å². The Morgan fingerprint density at radius 3 is 3.25 bits per heavy atom. The Bertz CT molecular complexity index is 288. The number of rotatable bonds is 0. The molecule has 12 heavy (non-hydrogen) atoms. The predicted octanol–water partition coefficient (Wildman–Crippen LogP) is 1.17. The SMILES string of the molecule is Clc1ncnc2c1CCCNC2. The van der Waals surface area contributed by atoms with Crippen LogP contribution in [0.3, 0.4) is 0 Å². The number of halogens is 1. The van der Waals surface area contributed by atoms with Crippen LogP contribution in [0.4, 0.5) is 0 Å². The Hall–Kier alpha value is -0.670. The molecule has 1 N–H and O–H groups in total. The molecular formula is C8H10ClN3. The Morgan fingerprint density at radius 1 is 1.42 bits per heavy atom. The first-order valence-electron chi connectivity index (χ1n) is 4.07. The van der Waals surface area contributed by atoms with Gasteiger partial charge in [-0.3, -0.25) is 0 Å². The molecule has 0 aromatic carbocycles. The van der Waals surface area contributed by atoms with E-state index < -0.39 is 0 Å². The summed E-state index contributed by atoms with van der Waals surface area (Å²) in [7, 11) is 0. The van der Waals surface area contributed by atoms with Crippen molar-refractivity contribution in [1.82, 2.24) is 15.3 Å². The van der Waals surface area contributed by atoms with E-state index in [4.69, 9.17) is 11.6 Å². The number of fused-ring (bicyclic) bond motifs is 1. The van der Waals surface area contributed by atoms with Gasteiger partial charge in [-0.25, -0.2) is 9.97 Å². The summed E-state index contributed by atoms with van der Waals surface area (Å²) in [5.41, 5.74) is 2.16. The van der Waals surface area contributed by atoms with Gasteiger partial charge in [-0.15, -0.1) is 0 Å². The summed E-state index contributed by atoms with van der Waals surface area (Å²) >= 11 is 5.94. The van der Waals surface area contributed by atoms with E-state index in [0.29, 0.717) is 5.15 Å². The molecule has 0 saturated heterocycles. The second-order valence-corrected chi connectivity index (χ2v) is 3.23. The minimum Gasteiger partial charge on any atom is -0.311 e. The van der Waals surface area contributed by atoms with Gasteiger partial charge >= 0.3 is 0 Å². The molecular weight excluding hydrogens is 174 g/mol. The van der Waals surface area contributed by atoms with E-state index >= 15 is 0 Å². The second kappa shape index (κ2) is 3.37. The van der Waals surface area contributed by atoms with Crippen LogP contribution in [0.15, 0.2) is 6.33 Å². The van der Waals surface area contributed by atoms with E-state index in [1.807, 2.05) is 0 Å². The molecule has 0 radical (unpaired) electrons. The fourth-order valence-electron chi connectivity index (χ4n) is 1.42. The summed E-state index contributed by atoms with van der Waals surface area (Å²) < 4.78 is 0. The van der Waals surface area contributed by atoms with Gasteiger partial charge in [0.25, 0.3) is 0 Å². The van der Waals surface area contributed by atoms with Gasteiger partial charge in [0.15, 0.2) is 0 Å². The van der Waals surface area contributed by atoms with Gasteiger partial charge in [-0.1, -0.05) is 11.6 Å². The van der Waals surface area contributed by atoms with E-state index in [1.165, 1.54) is 6.33 Å². The smallest absolute Gasteiger partial charge is 0.135 e. The Balaban J connectivity index is 2.42. The van der Waals surface area contributed by atoms with Crippen molar-refractivity contribution in [2.75, 3.05) is 6.54 Å². The minimum atomic E-state index is 0.615. The molecule has 0 fully saturated rings. The molecule has 2 rings (SSSR count). The van der Waals surface area contributed by atoms with Crippen LogP contribution in [0.1, 0.15) is 17.7 Å². The third kappa shape index (κ3) is 1.42. The zero-order valence-corrected chi connectivity index (χ0v) is 7.43. The lowest BCUT2D eigenvalue weighted by Gasteiger charge is -2.03. The average Bonchev–Trinajstić information content (AvgIpc) is 2.30. The van der Waals surface area contributed by atoms with Crippen molar-refractivity contribution in [3.63, 3.8) is 0 Å². The standard InChI is InChI=1S/C8H10ClN3/c9-8-6-2-1-3-10-4-7(6)11-5-12-8/h5,10H,1-4H2. The highest BCUT2D eigenvalue weighted by Crippen LogP contribution is 2.18. The number of nitrogens with zero attached hydrogens (tertiary/aromatic N) is 2. The first-order chi connectivity index (χ1) is 5.88. The van der Waals surface area contributed by atoms with Crippen molar-refractivity contribution in [2.24, 2.45) is 0 Å². The fourth-order valence-corrected chi connectivity index (χ4v) is 1.67. The first kappa shape index (κ1) is 7.95. The van der Waals surface area contributed by atoms with Crippen molar-refractivity contribution < 1.29 is 0 Å². The summed E-state index contributed by atoms with van der Waals surface area (Å²) in [5, 5.41) is 3.90. The molecule has 0 spiro atoms. The number of hydrogen-bond acceptors (Lipinski definition) is 3. The molecule has 3 nitrogen and oxygen atoms in total. The summed E-state index contributed by atoms with van der Waals surface area (Å²) in [5.74, 6) is 0. The molecule has 0 atom stereocenters. The van der Waals surface area contributed by atoms with Gasteiger partial charge < -0.3 is 5.32 Å². The van der Waals surface area contributed by atoms with E-state index in [0.717, 1.165) is 37.2 Å². The summed E-state index contributed by atoms with van der Waals surface area (Å²) in [6, 6.07) is 0. The zero-order valence-electron chi connectivity index (χ0n) is 6.68. The van der Waals surface area contributed by atoms with Crippen LogP contribution in [0.2, 0.25) is 5.15 Å². The highest BCUT2D eigenvalue weighted by atomic mass is 35.5. The normalized spacial score (nSPS) is 16.8. The molecule has 1 aliphatic heterocycles. The summed E-state index contributed by atoms with van der Waals surface area (Å²) in [6.45, 7) is 1.85. The van der Waals surface area contributed by atoms with Crippen molar-refractivity contribution in [1.29, 1.82) is 0 Å². The maximum Gasteiger partial charge on any atom is 0.135 e. The Labute approximate surface area is 76.2 Å². The average molecular weight is 184 g/mol. The van der Waals surface area contributed by atoms with Crippen LogP contribution in [0, 0.1) is 0 Å². The summed E-state index contributed by atoms with van der Waals surface area (Å²) in [6.07, 6.45) is 3.62. The highest BCUT2D eigenvalue weighted by molar-refractivity contribution is 6.30. The van der Waals surface area contributed by atoms with E-state index in [1.54, 1.807) is 0 Å². The lowest BCUT2D eigenvalue weighted by atomic mass is 10.1. The third-order valence-corrected chi connectivity index (χ3v) is 2.38. The van der Waals surface area contributed by atoms with Crippen LogP contribution in [0.25, 0.3) is 0 Å². The molecule has 1 aliphatic rings. The molecule has 64 valence electrons. The predicted molar refractivity (Wildman–Crippen MR) is 47.1 cm³/mol. The van der Waals surface area contributed by atoms with Gasteiger partial charge in [0, 0.05) is 12.1 Å². The fraction of sp³-hybridized carbons (Fsp3) is 0.500. The molecule has 4 heteroatoms. The number of nitrogens with one attached hydrogen (secondary N) is 1. The molecule has 2 heterocycles. The maximum absolute atomic E-state index is 5.94. The molecule has 0 unspecified atom stereocenters. The van der Waals surface area contributed by atoms with Gasteiger partial charge in [0.05, 0.1) is 5.69 Å². The molecule has 0 bridgehead atoms. The molecule has 1 aromatic heterocycles. The minimum absolute atomic E-state index is 0.615. The van der Waals surface area contributed by atoms with Gasteiger partial charge in [0.2, 0.25) is 0 Å². The zero-order chi connectivity index (χ0) is 8.39. The van der Waals surface area contributed by atoms with Crippen LogP contribution >= 0.6 is 11.6 Å². The molecule has 0 aliphatic carbocycles. The van der Waals surface area contributed by atoms with Crippen molar-refractivity contribution in [3.8, 4) is 0 Å². The largest absolute Gasteiger partial charge is 0.311 e. The van der Waals surface area contributed by atoms with Crippen LogP contribution < -0.4 is 5.32 Å². The van der Waals surface area contributed by atoms with Crippen LogP contribution in [-0.4, -0.2) is 16.5 Å². The second-order valence-electron chi connectivity index (χ2n) is 2.87. The van der Waals surface area contributed by atoms with E-state index in [-0.39, 0.29) is 0 Å². The van der Waals surface area contributed by atoms with Crippen molar-refractivity contribution in [2.45, 2.75) is 19.4 Å². The van der Waals surface area contributed by atoms with Crippen molar-refractivity contribution in [3.05, 3.63) is 22.7 Å². The van der Waals surface area contributed by atoms with Crippen LogP contribution in [0.5, 0.6) is 0 Å². The lowest BCUT2D eigenvalue weighted by Crippen LogP contribution is -2.12. The molecule has 1 aromatic rings. The molecule has 0 saturated carbocycles. The third-order valence-electron chi connectivity index (χ3n) is 2.05. The highest BCUT2D eigenvalue weighted by Gasteiger charge is 2.11. The maximum atomic E-state index is 5.94. The van der Waals surface area contributed by atoms with E-state index in [9.17, 15) is 0 Å². The summed E-state index contributed by atoms with van der Waals surface area (Å²) in [4.78, 5) is 8.14. The topological polar surface area (TPSA) is 37.8 Å². The van der Waals surface area contributed by atoms with Gasteiger partial charge in [0.1, 0.15) is 11.5 Å². The van der Waals surface area contributed by atoms with Crippen molar-refractivity contribution >= 4 is 11.6 Å². The number of aromatic nitrogens is 2. The monoisotopic (exact) mass is 183 g/mol. The first-order valence-corrected chi connectivity index (χ1v) is 4.44. The van der Waals surface area contributed by atoms with Gasteiger partial charge in [-0.05, 0) is 19.4 Å². The number of hydrogen-bond donors (Lipinski definition) is 1. The van der Waals surface area contributed by atoms with Crippen LogP contribution in [-0.2, 0) is 13.0 Å². The lowest BCUT2D eigenvalue weighted by molar-refractivity contribution is 0.674. The quantitative estimate of drug-likeness (QED) is 0.614.